The average Bonchev–Trinajstić information content (AvgIpc) is 3.53. The first-order valence-corrected chi connectivity index (χ1v) is 12.3. The molecule has 5 heterocycles. The van der Waals surface area contributed by atoms with E-state index in [2.05, 4.69) is 21.7 Å². The summed E-state index contributed by atoms with van der Waals surface area (Å²) in [4.78, 5) is 41.1. The van der Waals surface area contributed by atoms with Crippen LogP contribution in [0.1, 0.15) is 19.8 Å². The molecule has 2 unspecified atom stereocenters. The highest BCUT2D eigenvalue weighted by molar-refractivity contribution is 7.16. The summed E-state index contributed by atoms with van der Waals surface area (Å²) in [5.74, 6) is -2.11. The summed E-state index contributed by atoms with van der Waals surface area (Å²) < 4.78 is 13.0. The third-order valence-corrected chi connectivity index (χ3v) is 8.55. The van der Waals surface area contributed by atoms with Crippen LogP contribution >= 0.6 is 22.9 Å². The normalized spacial score (nSPS) is 33.5. The van der Waals surface area contributed by atoms with Crippen LogP contribution in [0.4, 0.5) is 5.69 Å². The van der Waals surface area contributed by atoms with Gasteiger partial charge in [0.15, 0.2) is 5.72 Å². The molecule has 2 bridgehead atoms. The van der Waals surface area contributed by atoms with Crippen LogP contribution in [0.25, 0.3) is 10.2 Å². The number of ether oxygens (including phenoxy) is 2. The number of rotatable bonds is 6. The van der Waals surface area contributed by atoms with Crippen molar-refractivity contribution in [2.45, 2.75) is 36.7 Å². The second kappa shape index (κ2) is 7.54. The van der Waals surface area contributed by atoms with Gasteiger partial charge in [-0.3, -0.25) is 14.6 Å². The molecule has 180 valence electrons. The van der Waals surface area contributed by atoms with E-state index in [0.717, 1.165) is 10.2 Å². The number of hydrogen-bond acceptors (Lipinski definition) is 9. The highest BCUT2D eigenvalue weighted by Crippen LogP contribution is 2.66. The first kappa shape index (κ1) is 22.5. The largest absolute Gasteiger partial charge is 0.478 e. The first-order chi connectivity index (χ1) is 16.7. The molecule has 1 N–H and O–H groups in total. The lowest BCUT2D eigenvalue weighted by Crippen LogP contribution is -2.57. The average molecular weight is 513 g/mol. The molecule has 1 aromatic carbocycles. The molecular weight excluding hydrogens is 492 g/mol. The van der Waals surface area contributed by atoms with Crippen molar-refractivity contribution in [3.63, 3.8) is 0 Å². The number of amides is 2. The monoisotopic (exact) mass is 512 g/mol. The van der Waals surface area contributed by atoms with Gasteiger partial charge in [0.25, 0.3) is 0 Å². The fraction of sp³-hybridized carbons (Fsp3) is 0.375. The maximum Gasteiger partial charge on any atom is 0.240 e. The van der Waals surface area contributed by atoms with Crippen LogP contribution in [0.15, 0.2) is 47.0 Å². The van der Waals surface area contributed by atoms with Gasteiger partial charge in [-0.15, -0.1) is 11.3 Å². The van der Waals surface area contributed by atoms with Crippen LogP contribution in [0, 0.1) is 11.8 Å². The number of anilines is 1. The van der Waals surface area contributed by atoms with E-state index in [1.807, 2.05) is 0 Å². The number of carbonyl (C=O) groups excluding carboxylic acids is 2. The fourth-order valence-corrected chi connectivity index (χ4v) is 6.72. The molecule has 0 saturated carbocycles. The lowest BCUT2D eigenvalue weighted by atomic mass is 9.63. The minimum Gasteiger partial charge on any atom is -0.478 e. The number of aliphatic imine (C=N–C) groups is 1. The minimum atomic E-state index is -1.72. The van der Waals surface area contributed by atoms with Gasteiger partial charge in [-0.1, -0.05) is 11.6 Å². The van der Waals surface area contributed by atoms with Crippen LogP contribution in [0.3, 0.4) is 0 Å². The predicted octanol–water partition coefficient (Wildman–Crippen LogP) is 3.24. The van der Waals surface area contributed by atoms with Crippen molar-refractivity contribution in [3.05, 3.63) is 47.1 Å². The molecule has 35 heavy (non-hydrogen) atoms. The molecule has 3 aromatic rings. The summed E-state index contributed by atoms with van der Waals surface area (Å²) in [6.45, 7) is 5.34. The molecule has 3 saturated heterocycles. The molecule has 3 aliphatic rings. The minimum absolute atomic E-state index is 0.0271. The van der Waals surface area contributed by atoms with Crippen molar-refractivity contribution in [1.29, 1.82) is 0 Å². The Morgan fingerprint density at radius 2 is 2.09 bits per heavy atom. The van der Waals surface area contributed by atoms with Gasteiger partial charge < -0.3 is 14.6 Å². The van der Waals surface area contributed by atoms with Gasteiger partial charge in [0.05, 0.1) is 50.5 Å². The van der Waals surface area contributed by atoms with E-state index in [4.69, 9.17) is 21.1 Å². The molecule has 5 atom stereocenters. The zero-order chi connectivity index (χ0) is 24.6. The van der Waals surface area contributed by atoms with E-state index in [0.29, 0.717) is 16.6 Å². The molecule has 0 radical (unpaired) electrons. The van der Waals surface area contributed by atoms with E-state index in [1.165, 1.54) is 22.4 Å². The Hall–Kier alpha value is -2.92. The highest BCUT2D eigenvalue weighted by Gasteiger charge is 2.81. The first-order valence-electron chi connectivity index (χ1n) is 11.1. The molecule has 2 aromatic heterocycles. The third-order valence-electron chi connectivity index (χ3n) is 7.53. The molecular formula is C24H21ClN4O5S. The molecule has 2 amide bonds. The standard InChI is InChI=1S/C24H21ClN4O5S/c1-22-18-19(21(31)29(20(18)30)14-4-5-15-16(9-14)35-12-28-15)23(34-22,11-24(22,32)26-2)7-8-33-17-6-3-13(25)10-27-17/h3-6,9-10,12,18-19,32H,2,7-8,11H2,1H3/t18-,19+,22?,23?,24-/m1/s1. The Morgan fingerprint density at radius 1 is 1.29 bits per heavy atom. The maximum atomic E-state index is 13.8. The molecule has 3 aliphatic heterocycles. The Balaban J connectivity index is 1.35. The number of halogens is 1. The number of imide groups is 1. The van der Waals surface area contributed by atoms with Gasteiger partial charge in [-0.2, -0.15) is 0 Å². The van der Waals surface area contributed by atoms with Crippen LogP contribution in [-0.2, 0) is 14.3 Å². The predicted molar refractivity (Wildman–Crippen MR) is 130 cm³/mol. The lowest BCUT2D eigenvalue weighted by molar-refractivity contribution is -0.146. The number of pyridine rings is 1. The summed E-state index contributed by atoms with van der Waals surface area (Å²) in [5.41, 5.74) is -1.30. The van der Waals surface area contributed by atoms with E-state index < -0.39 is 34.7 Å². The van der Waals surface area contributed by atoms with Crippen molar-refractivity contribution in [3.8, 4) is 5.88 Å². The number of aromatic nitrogens is 2. The number of carbonyl (C=O) groups is 2. The maximum absolute atomic E-state index is 13.8. The van der Waals surface area contributed by atoms with Gasteiger partial charge in [-0.25, -0.2) is 14.9 Å². The Labute approximate surface area is 209 Å². The highest BCUT2D eigenvalue weighted by atomic mass is 35.5. The molecule has 9 nitrogen and oxygen atoms in total. The van der Waals surface area contributed by atoms with Crippen molar-refractivity contribution in [2.75, 3.05) is 11.5 Å². The van der Waals surface area contributed by atoms with Crippen molar-refractivity contribution in [1.82, 2.24) is 9.97 Å². The molecule has 3 fully saturated rings. The number of fused-ring (bicyclic) bond motifs is 6. The Morgan fingerprint density at radius 3 is 2.83 bits per heavy atom. The van der Waals surface area contributed by atoms with Gasteiger partial charge >= 0.3 is 0 Å². The van der Waals surface area contributed by atoms with Crippen molar-refractivity contribution < 1.29 is 24.2 Å². The number of thiazole rings is 1. The zero-order valence-corrected chi connectivity index (χ0v) is 20.3. The van der Waals surface area contributed by atoms with Gasteiger partial charge in [0.1, 0.15) is 5.60 Å². The van der Waals surface area contributed by atoms with E-state index in [9.17, 15) is 14.7 Å². The molecule has 6 rings (SSSR count). The molecule has 0 spiro atoms. The smallest absolute Gasteiger partial charge is 0.240 e. The Kier molecular flexibility index (Phi) is 4.85. The quantitative estimate of drug-likeness (QED) is 0.398. The summed E-state index contributed by atoms with van der Waals surface area (Å²) in [6, 6.07) is 8.58. The molecule has 0 aliphatic carbocycles. The van der Waals surface area contributed by atoms with Crippen molar-refractivity contribution >= 4 is 57.4 Å². The summed E-state index contributed by atoms with van der Waals surface area (Å²) in [6.07, 6.45) is 1.74. The van der Waals surface area contributed by atoms with E-state index >= 15 is 0 Å². The van der Waals surface area contributed by atoms with E-state index in [-0.39, 0.29) is 25.4 Å². The number of hydrogen-bond donors (Lipinski definition) is 1. The van der Waals surface area contributed by atoms with Crippen molar-refractivity contribution in [2.24, 2.45) is 16.8 Å². The van der Waals surface area contributed by atoms with Crippen LogP contribution < -0.4 is 9.64 Å². The van der Waals surface area contributed by atoms with Gasteiger partial charge in [0, 0.05) is 25.1 Å². The number of aliphatic hydroxyl groups is 1. The number of benzene rings is 1. The van der Waals surface area contributed by atoms with Gasteiger partial charge in [0.2, 0.25) is 17.7 Å². The Bertz CT molecular complexity index is 1380. The zero-order valence-electron chi connectivity index (χ0n) is 18.7. The van der Waals surface area contributed by atoms with Gasteiger partial charge in [-0.05, 0) is 37.9 Å². The summed E-state index contributed by atoms with van der Waals surface area (Å²) in [5, 5.41) is 11.9. The second-order valence-electron chi connectivity index (χ2n) is 9.31. The number of nitrogens with zero attached hydrogens (tertiary/aromatic N) is 4. The topological polar surface area (TPSA) is 114 Å². The lowest BCUT2D eigenvalue weighted by Gasteiger charge is -2.39. The second-order valence-corrected chi connectivity index (χ2v) is 10.6. The summed E-state index contributed by atoms with van der Waals surface area (Å²) in [7, 11) is 0. The van der Waals surface area contributed by atoms with E-state index in [1.54, 1.807) is 42.8 Å². The summed E-state index contributed by atoms with van der Waals surface area (Å²) >= 11 is 7.31. The fourth-order valence-electron chi connectivity index (χ4n) is 5.89. The SMILES string of the molecule is C=N[C@@]1(O)CC2(CCOc3ccc(Cl)cn3)OC1(C)[C@H]1C(=O)N(c3ccc4ncsc4c3)C(=O)[C@H]12. The van der Waals surface area contributed by atoms with Crippen LogP contribution in [0.5, 0.6) is 5.88 Å². The molecule has 11 heteroatoms. The van der Waals surface area contributed by atoms with Crippen LogP contribution in [0.2, 0.25) is 5.02 Å². The van der Waals surface area contributed by atoms with Crippen LogP contribution in [-0.4, -0.2) is 57.1 Å². The third kappa shape index (κ3) is 3.03.